The first-order valence-electron chi connectivity index (χ1n) is 10.3. The zero-order valence-electron chi connectivity index (χ0n) is 17.5. The summed E-state index contributed by atoms with van der Waals surface area (Å²) < 4.78 is 10.5. The van der Waals surface area contributed by atoms with Gasteiger partial charge < -0.3 is 20.9 Å². The number of ether oxygens (including phenoxy) is 2. The van der Waals surface area contributed by atoms with E-state index in [2.05, 4.69) is 0 Å². The average Bonchev–Trinajstić information content (AvgIpc) is 2.83. The lowest BCUT2D eigenvalue weighted by atomic mass is 10.0. The van der Waals surface area contributed by atoms with Crippen molar-refractivity contribution in [3.05, 3.63) is 108 Å². The maximum atomic E-state index is 12.0. The van der Waals surface area contributed by atoms with Crippen LogP contribution in [0.25, 0.3) is 22.3 Å². The summed E-state index contributed by atoms with van der Waals surface area (Å²) in [6.07, 6.45) is -0.699. The number of hydrogen-bond donors (Lipinski definition) is 2. The standard InChI is InChI=1S/C27H24N2O3/c28-25-13-9-23(10-14-25)21-5-1-19(2-6-21)17-31-27(30)32-18-20-3-7-22(8-4-20)24-11-15-26(29)16-12-24/h1-16H,17-18,28-29H2. The lowest BCUT2D eigenvalue weighted by molar-refractivity contribution is 0.0446. The third-order valence-electron chi connectivity index (χ3n) is 5.11. The van der Waals surface area contributed by atoms with Crippen LogP contribution in [0.3, 0.4) is 0 Å². The minimum Gasteiger partial charge on any atom is -0.429 e. The predicted molar refractivity (Wildman–Crippen MR) is 128 cm³/mol. The third-order valence-corrected chi connectivity index (χ3v) is 5.11. The molecule has 4 N–H and O–H groups in total. The average molecular weight is 425 g/mol. The number of carbonyl (C=O) groups excluding carboxylic acids is 1. The van der Waals surface area contributed by atoms with Gasteiger partial charge in [-0.25, -0.2) is 4.79 Å². The quantitative estimate of drug-likeness (QED) is 0.291. The van der Waals surface area contributed by atoms with Gasteiger partial charge in [-0.3, -0.25) is 0 Å². The Bertz CT molecular complexity index is 1070. The van der Waals surface area contributed by atoms with E-state index in [0.717, 1.165) is 44.8 Å². The molecule has 0 aliphatic rings. The van der Waals surface area contributed by atoms with Crippen molar-refractivity contribution in [2.75, 3.05) is 11.5 Å². The molecular formula is C27H24N2O3. The minimum atomic E-state index is -0.699. The second-order valence-corrected chi connectivity index (χ2v) is 7.47. The first-order chi connectivity index (χ1) is 15.6. The number of nitrogen functional groups attached to an aromatic ring is 2. The summed E-state index contributed by atoms with van der Waals surface area (Å²) in [6.45, 7) is 0.299. The topological polar surface area (TPSA) is 87.6 Å². The van der Waals surface area contributed by atoms with Crippen LogP contribution in [0, 0.1) is 0 Å². The Morgan fingerprint density at radius 3 is 1.09 bits per heavy atom. The van der Waals surface area contributed by atoms with Gasteiger partial charge in [-0.05, 0) is 57.6 Å². The monoisotopic (exact) mass is 424 g/mol. The van der Waals surface area contributed by atoms with E-state index in [0.29, 0.717) is 0 Å². The zero-order valence-corrected chi connectivity index (χ0v) is 17.5. The molecule has 5 heteroatoms. The van der Waals surface area contributed by atoms with Crippen LogP contribution >= 0.6 is 0 Å². The van der Waals surface area contributed by atoms with Crippen LogP contribution < -0.4 is 11.5 Å². The molecule has 4 rings (SSSR count). The van der Waals surface area contributed by atoms with Gasteiger partial charge in [-0.15, -0.1) is 0 Å². The number of benzene rings is 4. The molecule has 0 fully saturated rings. The summed E-state index contributed by atoms with van der Waals surface area (Å²) in [5.74, 6) is 0. The molecule has 4 aromatic carbocycles. The van der Waals surface area contributed by atoms with Crippen molar-refractivity contribution in [3.63, 3.8) is 0 Å². The number of anilines is 2. The van der Waals surface area contributed by atoms with Gasteiger partial charge in [0.05, 0.1) is 0 Å². The maximum absolute atomic E-state index is 12.0. The van der Waals surface area contributed by atoms with Crippen molar-refractivity contribution >= 4 is 17.5 Å². The lowest BCUT2D eigenvalue weighted by Crippen LogP contribution is -2.07. The summed E-state index contributed by atoms with van der Waals surface area (Å²) in [7, 11) is 0. The summed E-state index contributed by atoms with van der Waals surface area (Å²) in [6, 6.07) is 31.0. The molecule has 0 amide bonds. The van der Waals surface area contributed by atoms with Gasteiger partial charge >= 0.3 is 6.16 Å². The zero-order chi connectivity index (χ0) is 22.3. The van der Waals surface area contributed by atoms with Crippen molar-refractivity contribution in [3.8, 4) is 22.3 Å². The Morgan fingerprint density at radius 2 is 0.781 bits per heavy atom. The fraction of sp³-hybridized carbons (Fsp3) is 0.0741. The van der Waals surface area contributed by atoms with Crippen LogP contribution in [0.4, 0.5) is 16.2 Å². The molecule has 0 bridgehead atoms. The molecule has 0 aromatic heterocycles. The highest BCUT2D eigenvalue weighted by Gasteiger charge is 2.06. The molecule has 0 saturated carbocycles. The van der Waals surface area contributed by atoms with Crippen LogP contribution in [0.15, 0.2) is 97.1 Å². The van der Waals surface area contributed by atoms with E-state index in [1.807, 2.05) is 97.1 Å². The molecular weight excluding hydrogens is 400 g/mol. The Kier molecular flexibility index (Phi) is 6.37. The van der Waals surface area contributed by atoms with Crippen LogP contribution in [0.5, 0.6) is 0 Å². The van der Waals surface area contributed by atoms with Crippen molar-refractivity contribution in [2.45, 2.75) is 13.2 Å². The molecule has 0 saturated heterocycles. The smallest absolute Gasteiger partial charge is 0.429 e. The first kappa shape index (κ1) is 21.0. The van der Waals surface area contributed by atoms with E-state index in [4.69, 9.17) is 20.9 Å². The van der Waals surface area contributed by atoms with Crippen LogP contribution in [-0.2, 0) is 22.7 Å². The second-order valence-electron chi connectivity index (χ2n) is 7.47. The SMILES string of the molecule is Nc1ccc(-c2ccc(COC(=O)OCc3ccc(-c4ccc(N)cc4)cc3)cc2)cc1. The summed E-state index contributed by atoms with van der Waals surface area (Å²) >= 11 is 0. The maximum Gasteiger partial charge on any atom is 0.508 e. The van der Waals surface area contributed by atoms with E-state index in [9.17, 15) is 4.79 Å². The number of nitrogens with two attached hydrogens (primary N) is 2. The Balaban J connectivity index is 1.25. The molecule has 0 radical (unpaired) electrons. The van der Waals surface area contributed by atoms with Gasteiger partial charge in [0.15, 0.2) is 0 Å². The molecule has 0 heterocycles. The normalized spacial score (nSPS) is 10.5. The van der Waals surface area contributed by atoms with Gasteiger partial charge in [0.25, 0.3) is 0 Å². The highest BCUT2D eigenvalue weighted by atomic mass is 16.7. The van der Waals surface area contributed by atoms with Gasteiger partial charge in [0, 0.05) is 11.4 Å². The van der Waals surface area contributed by atoms with Gasteiger partial charge in [0.1, 0.15) is 13.2 Å². The molecule has 5 nitrogen and oxygen atoms in total. The molecule has 0 aliphatic heterocycles. The van der Waals surface area contributed by atoms with Gasteiger partial charge in [0.2, 0.25) is 0 Å². The van der Waals surface area contributed by atoms with Crippen LogP contribution in [0.2, 0.25) is 0 Å². The van der Waals surface area contributed by atoms with Crippen molar-refractivity contribution < 1.29 is 14.3 Å². The summed E-state index contributed by atoms with van der Waals surface area (Å²) in [4.78, 5) is 12.0. The Labute approximate surface area is 187 Å². The van der Waals surface area contributed by atoms with Crippen molar-refractivity contribution in [1.82, 2.24) is 0 Å². The summed E-state index contributed by atoms with van der Waals surface area (Å²) in [5, 5.41) is 0. The Hall–Kier alpha value is -4.25. The molecule has 0 atom stereocenters. The Morgan fingerprint density at radius 1 is 0.500 bits per heavy atom. The second kappa shape index (κ2) is 9.71. The first-order valence-corrected chi connectivity index (χ1v) is 10.3. The van der Waals surface area contributed by atoms with Crippen molar-refractivity contribution in [1.29, 1.82) is 0 Å². The van der Waals surface area contributed by atoms with Gasteiger partial charge in [-0.1, -0.05) is 72.8 Å². The number of rotatable bonds is 6. The minimum absolute atomic E-state index is 0.150. The van der Waals surface area contributed by atoms with Crippen LogP contribution in [-0.4, -0.2) is 6.16 Å². The number of carbonyl (C=O) groups is 1. The highest BCUT2D eigenvalue weighted by Crippen LogP contribution is 2.22. The van der Waals surface area contributed by atoms with E-state index in [-0.39, 0.29) is 13.2 Å². The molecule has 0 spiro atoms. The molecule has 160 valence electrons. The molecule has 0 unspecified atom stereocenters. The molecule has 4 aromatic rings. The fourth-order valence-electron chi connectivity index (χ4n) is 3.26. The fourth-order valence-corrected chi connectivity index (χ4v) is 3.26. The lowest BCUT2D eigenvalue weighted by Gasteiger charge is -2.08. The van der Waals surface area contributed by atoms with Crippen LogP contribution in [0.1, 0.15) is 11.1 Å². The molecule has 32 heavy (non-hydrogen) atoms. The van der Waals surface area contributed by atoms with E-state index < -0.39 is 6.16 Å². The number of hydrogen-bond acceptors (Lipinski definition) is 5. The highest BCUT2D eigenvalue weighted by molar-refractivity contribution is 5.67. The molecule has 0 aliphatic carbocycles. The third kappa shape index (κ3) is 5.46. The van der Waals surface area contributed by atoms with Crippen molar-refractivity contribution in [2.24, 2.45) is 0 Å². The largest absolute Gasteiger partial charge is 0.508 e. The van der Waals surface area contributed by atoms with E-state index >= 15 is 0 Å². The summed E-state index contributed by atoms with van der Waals surface area (Å²) in [5.41, 5.74) is 19.0. The van der Waals surface area contributed by atoms with E-state index in [1.165, 1.54) is 0 Å². The van der Waals surface area contributed by atoms with Gasteiger partial charge in [-0.2, -0.15) is 0 Å². The van der Waals surface area contributed by atoms with E-state index in [1.54, 1.807) is 0 Å². The predicted octanol–water partition coefficient (Wildman–Crippen LogP) is 6.04.